The lowest BCUT2D eigenvalue weighted by molar-refractivity contribution is -0.118. The maximum absolute atomic E-state index is 12.9. The van der Waals surface area contributed by atoms with Crippen molar-refractivity contribution < 1.29 is 14.3 Å². The fourth-order valence-corrected chi connectivity index (χ4v) is 3.27. The van der Waals surface area contributed by atoms with Gasteiger partial charge in [0.05, 0.1) is 6.42 Å². The average molecular weight is 390 g/mol. The molecule has 1 heterocycles. The van der Waals surface area contributed by atoms with E-state index in [-0.39, 0.29) is 11.9 Å². The third-order valence-electron chi connectivity index (χ3n) is 3.87. The van der Waals surface area contributed by atoms with Gasteiger partial charge in [0.1, 0.15) is 13.2 Å². The zero-order chi connectivity index (χ0) is 17.1. The number of amides is 1. The van der Waals surface area contributed by atoms with Gasteiger partial charge in [-0.2, -0.15) is 0 Å². The molecule has 1 aliphatic rings. The second kappa shape index (κ2) is 7.26. The first-order valence-electron chi connectivity index (χ1n) is 8.01. The predicted molar refractivity (Wildman–Crippen MR) is 97.9 cm³/mol. The maximum atomic E-state index is 12.9. The van der Waals surface area contributed by atoms with Crippen LogP contribution in [0.3, 0.4) is 0 Å². The van der Waals surface area contributed by atoms with Crippen LogP contribution in [-0.4, -0.2) is 25.2 Å². The van der Waals surface area contributed by atoms with E-state index in [2.05, 4.69) is 15.9 Å². The van der Waals surface area contributed by atoms with E-state index in [1.165, 1.54) is 0 Å². The summed E-state index contributed by atoms with van der Waals surface area (Å²) in [7, 11) is 0. The molecule has 0 unspecified atom stereocenters. The second-order valence-electron chi connectivity index (χ2n) is 5.96. The lowest BCUT2D eigenvalue weighted by Gasteiger charge is -2.27. The van der Waals surface area contributed by atoms with Crippen LogP contribution in [0, 0.1) is 0 Å². The van der Waals surface area contributed by atoms with E-state index in [1.807, 2.05) is 61.2 Å². The minimum absolute atomic E-state index is 0.0496. The summed E-state index contributed by atoms with van der Waals surface area (Å²) >= 11 is 3.54. The van der Waals surface area contributed by atoms with Gasteiger partial charge in [-0.05, 0) is 43.7 Å². The Hall–Kier alpha value is -2.01. The number of halogens is 1. The summed E-state index contributed by atoms with van der Waals surface area (Å²) in [6.45, 7) is 5.12. The Morgan fingerprint density at radius 2 is 1.75 bits per heavy atom. The van der Waals surface area contributed by atoms with E-state index in [9.17, 15) is 4.79 Å². The molecule has 0 radical (unpaired) electrons. The number of para-hydroxylation sites is 1. The topological polar surface area (TPSA) is 38.8 Å². The average Bonchev–Trinajstić information content (AvgIpc) is 2.56. The van der Waals surface area contributed by atoms with Crippen molar-refractivity contribution in [2.75, 3.05) is 18.1 Å². The first-order valence-corrected chi connectivity index (χ1v) is 8.80. The van der Waals surface area contributed by atoms with E-state index in [4.69, 9.17) is 9.47 Å². The normalized spacial score (nSPS) is 13.0. The van der Waals surface area contributed by atoms with Crippen LogP contribution in [0.2, 0.25) is 0 Å². The fourth-order valence-electron chi connectivity index (χ4n) is 2.81. The van der Waals surface area contributed by atoms with E-state index < -0.39 is 0 Å². The van der Waals surface area contributed by atoms with Crippen LogP contribution in [0.15, 0.2) is 46.9 Å². The predicted octanol–water partition coefficient (Wildman–Crippen LogP) is 4.20. The number of nitrogens with zero attached hydrogens (tertiary/aromatic N) is 1. The van der Waals surface area contributed by atoms with Crippen LogP contribution in [0.1, 0.15) is 19.4 Å². The number of carbonyl (C=O) groups excluding carboxylic acids is 1. The Bertz CT molecular complexity index is 731. The number of carbonyl (C=O) groups is 1. The molecular formula is C19H20BrNO3. The molecule has 0 fully saturated rings. The summed E-state index contributed by atoms with van der Waals surface area (Å²) < 4.78 is 12.0. The number of anilines is 1. The number of hydrogen-bond acceptors (Lipinski definition) is 3. The molecule has 126 valence electrons. The Morgan fingerprint density at radius 3 is 2.38 bits per heavy atom. The molecule has 0 N–H and O–H groups in total. The Balaban J connectivity index is 1.85. The summed E-state index contributed by atoms with van der Waals surface area (Å²) in [5.74, 6) is 1.46. The monoisotopic (exact) mass is 389 g/mol. The third kappa shape index (κ3) is 3.56. The molecule has 3 rings (SSSR count). The van der Waals surface area contributed by atoms with Crippen molar-refractivity contribution >= 4 is 27.5 Å². The highest BCUT2D eigenvalue weighted by Crippen LogP contribution is 2.36. The number of benzene rings is 2. The van der Waals surface area contributed by atoms with Crippen LogP contribution in [0.4, 0.5) is 5.69 Å². The molecule has 0 bridgehead atoms. The van der Waals surface area contributed by atoms with E-state index in [0.717, 1.165) is 15.7 Å². The van der Waals surface area contributed by atoms with Crippen molar-refractivity contribution in [3.8, 4) is 11.5 Å². The largest absolute Gasteiger partial charge is 0.486 e. The summed E-state index contributed by atoms with van der Waals surface area (Å²) in [5, 5.41) is 0. The number of ether oxygens (including phenoxy) is 2. The van der Waals surface area contributed by atoms with Gasteiger partial charge in [0.25, 0.3) is 0 Å². The molecule has 0 aliphatic carbocycles. The highest BCUT2D eigenvalue weighted by atomic mass is 79.9. The van der Waals surface area contributed by atoms with Gasteiger partial charge < -0.3 is 14.4 Å². The fraction of sp³-hybridized carbons (Fsp3) is 0.316. The minimum Gasteiger partial charge on any atom is -0.486 e. The summed E-state index contributed by atoms with van der Waals surface area (Å²) in [5.41, 5.74) is 1.80. The first kappa shape index (κ1) is 16.8. The van der Waals surface area contributed by atoms with Crippen molar-refractivity contribution in [1.82, 2.24) is 0 Å². The zero-order valence-corrected chi connectivity index (χ0v) is 15.4. The molecular weight excluding hydrogens is 370 g/mol. The molecule has 5 heteroatoms. The molecule has 0 aromatic heterocycles. The molecule has 2 aromatic carbocycles. The Morgan fingerprint density at radius 1 is 1.12 bits per heavy atom. The van der Waals surface area contributed by atoms with Gasteiger partial charge in [-0.1, -0.05) is 34.1 Å². The molecule has 1 aliphatic heterocycles. The van der Waals surface area contributed by atoms with Gasteiger partial charge in [-0.15, -0.1) is 0 Å². The molecule has 4 nitrogen and oxygen atoms in total. The highest BCUT2D eigenvalue weighted by Gasteiger charge is 2.22. The smallest absolute Gasteiger partial charge is 0.231 e. The quantitative estimate of drug-likeness (QED) is 0.786. The van der Waals surface area contributed by atoms with Gasteiger partial charge in [0.2, 0.25) is 5.91 Å². The van der Waals surface area contributed by atoms with Crippen molar-refractivity contribution in [2.24, 2.45) is 0 Å². The molecule has 0 spiro atoms. The van der Waals surface area contributed by atoms with Gasteiger partial charge in [0.15, 0.2) is 11.5 Å². The molecule has 1 amide bonds. The van der Waals surface area contributed by atoms with Gasteiger partial charge >= 0.3 is 0 Å². The maximum Gasteiger partial charge on any atom is 0.231 e. The van der Waals surface area contributed by atoms with Gasteiger partial charge in [-0.3, -0.25) is 4.79 Å². The van der Waals surface area contributed by atoms with E-state index in [1.54, 1.807) is 0 Å². The molecule has 0 saturated heterocycles. The second-order valence-corrected chi connectivity index (χ2v) is 6.81. The SMILES string of the molecule is CC(C)N(C(=O)Cc1cc2c(cc1Br)OCCO2)c1ccccc1. The van der Waals surface area contributed by atoms with Crippen molar-refractivity contribution in [2.45, 2.75) is 26.3 Å². The van der Waals surface area contributed by atoms with Crippen LogP contribution in [0.5, 0.6) is 11.5 Å². The minimum atomic E-state index is 0.0496. The summed E-state index contributed by atoms with van der Waals surface area (Å²) in [4.78, 5) is 14.7. The Labute approximate surface area is 150 Å². The number of rotatable bonds is 4. The van der Waals surface area contributed by atoms with Crippen LogP contribution in [-0.2, 0) is 11.2 Å². The lowest BCUT2D eigenvalue weighted by Crippen LogP contribution is -2.38. The van der Waals surface area contributed by atoms with E-state index >= 15 is 0 Å². The summed E-state index contributed by atoms with van der Waals surface area (Å²) in [6, 6.07) is 13.6. The van der Waals surface area contributed by atoms with Gasteiger partial charge in [-0.25, -0.2) is 0 Å². The van der Waals surface area contributed by atoms with Crippen LogP contribution >= 0.6 is 15.9 Å². The summed E-state index contributed by atoms with van der Waals surface area (Å²) in [6.07, 6.45) is 0.296. The van der Waals surface area contributed by atoms with Crippen molar-refractivity contribution in [1.29, 1.82) is 0 Å². The zero-order valence-electron chi connectivity index (χ0n) is 13.8. The molecule has 24 heavy (non-hydrogen) atoms. The standard InChI is InChI=1S/C19H20BrNO3/c1-13(2)21(15-6-4-3-5-7-15)19(22)11-14-10-17-18(12-16(14)20)24-9-8-23-17/h3-7,10,12-13H,8-9,11H2,1-2H3. The molecule has 0 atom stereocenters. The van der Waals surface area contributed by atoms with Crippen molar-refractivity contribution in [3.63, 3.8) is 0 Å². The first-order chi connectivity index (χ1) is 11.6. The Kier molecular flexibility index (Phi) is 5.09. The van der Waals surface area contributed by atoms with Crippen molar-refractivity contribution in [3.05, 3.63) is 52.5 Å². The van der Waals surface area contributed by atoms with Crippen LogP contribution < -0.4 is 14.4 Å². The molecule has 2 aromatic rings. The molecule has 0 saturated carbocycles. The number of hydrogen-bond donors (Lipinski definition) is 0. The third-order valence-corrected chi connectivity index (χ3v) is 4.61. The van der Waals surface area contributed by atoms with Gasteiger partial charge in [0, 0.05) is 16.2 Å². The van der Waals surface area contributed by atoms with E-state index in [0.29, 0.717) is 31.1 Å². The number of fused-ring (bicyclic) bond motifs is 1. The lowest BCUT2D eigenvalue weighted by atomic mass is 10.1. The van der Waals surface area contributed by atoms with Crippen LogP contribution in [0.25, 0.3) is 0 Å². The highest BCUT2D eigenvalue weighted by molar-refractivity contribution is 9.10.